The lowest BCUT2D eigenvalue weighted by Crippen LogP contribution is -2.10. The lowest BCUT2D eigenvalue weighted by Gasteiger charge is -1.91. The second kappa shape index (κ2) is 2.94. The molecule has 0 saturated carbocycles. The van der Waals surface area contributed by atoms with Gasteiger partial charge in [-0.25, -0.2) is 0 Å². The summed E-state index contributed by atoms with van der Waals surface area (Å²) in [6.07, 6.45) is 0. The van der Waals surface area contributed by atoms with Crippen molar-refractivity contribution in [2.24, 2.45) is 0 Å². The van der Waals surface area contributed by atoms with E-state index in [4.69, 9.17) is 0 Å². The van der Waals surface area contributed by atoms with E-state index in [0.29, 0.717) is 5.69 Å². The van der Waals surface area contributed by atoms with Gasteiger partial charge in [-0.15, -0.1) is 0 Å². The molecule has 0 atom stereocenters. The average Bonchev–Trinajstić information content (AvgIpc) is 2.15. The van der Waals surface area contributed by atoms with E-state index in [2.05, 4.69) is 5.32 Å². The lowest BCUT2D eigenvalue weighted by atomic mass is 10.5. The van der Waals surface area contributed by atoms with Crippen LogP contribution < -0.4 is 10.1 Å². The molecule has 1 heterocycles. The lowest BCUT2D eigenvalue weighted by molar-refractivity contribution is -0.114. The molecular formula is C5H5NO2S2. The van der Waals surface area contributed by atoms with Crippen molar-refractivity contribution in [2.75, 3.05) is 5.32 Å². The van der Waals surface area contributed by atoms with Gasteiger partial charge in [0, 0.05) is 12.3 Å². The summed E-state index contributed by atoms with van der Waals surface area (Å²) in [6.45, 7) is 1.38. The van der Waals surface area contributed by atoms with Gasteiger partial charge in [-0.1, -0.05) is 10.3 Å². The molecule has 1 amide bonds. The van der Waals surface area contributed by atoms with Gasteiger partial charge >= 0.3 is 0 Å². The first-order chi connectivity index (χ1) is 4.70. The van der Waals surface area contributed by atoms with Gasteiger partial charge in [-0.2, -0.15) is 0 Å². The summed E-state index contributed by atoms with van der Waals surface area (Å²) < 4.78 is -0.0831. The van der Waals surface area contributed by atoms with E-state index in [-0.39, 0.29) is 10.6 Å². The van der Waals surface area contributed by atoms with Gasteiger partial charge in [0.05, 0.1) is 0 Å². The Hall–Kier alpha value is -0.680. The second-order valence-corrected chi connectivity index (χ2v) is 3.72. The molecule has 54 valence electrons. The molecule has 0 fully saturated rings. The van der Waals surface area contributed by atoms with E-state index in [1.165, 1.54) is 17.3 Å². The molecule has 0 radical (unpaired) electrons. The van der Waals surface area contributed by atoms with E-state index in [0.717, 1.165) is 10.3 Å². The Balaban J connectivity index is 2.85. The SMILES string of the molecule is CC(=O)Nc1cssc1=O. The standard InChI is InChI=1S/C5H5NO2S2/c1-3(7)6-4-2-9-10-5(4)8/h2H,1H3,(H,6,7). The van der Waals surface area contributed by atoms with Crippen molar-refractivity contribution < 1.29 is 4.79 Å². The summed E-state index contributed by atoms with van der Waals surface area (Å²) in [5.41, 5.74) is 0.391. The molecule has 1 aromatic heterocycles. The fraction of sp³-hybridized carbons (Fsp3) is 0.200. The molecular weight excluding hydrogens is 170 g/mol. The molecule has 0 aliphatic rings. The van der Waals surface area contributed by atoms with Crippen LogP contribution in [0.2, 0.25) is 0 Å². The van der Waals surface area contributed by atoms with Crippen LogP contribution in [0.25, 0.3) is 0 Å². The Bertz CT molecular complexity index is 288. The minimum atomic E-state index is -0.206. The van der Waals surface area contributed by atoms with E-state index in [1.807, 2.05) is 0 Å². The predicted molar refractivity (Wildman–Crippen MR) is 42.8 cm³/mol. The van der Waals surface area contributed by atoms with Crippen LogP contribution >= 0.6 is 20.7 Å². The molecule has 1 rings (SSSR count). The molecule has 0 aromatic carbocycles. The fourth-order valence-corrected chi connectivity index (χ4v) is 2.12. The fourth-order valence-electron chi connectivity index (χ4n) is 0.479. The molecule has 0 unspecified atom stereocenters. The van der Waals surface area contributed by atoms with Crippen LogP contribution in [0.4, 0.5) is 5.69 Å². The Morgan fingerprint density at radius 3 is 2.80 bits per heavy atom. The van der Waals surface area contributed by atoms with Crippen LogP contribution in [0.1, 0.15) is 6.92 Å². The van der Waals surface area contributed by atoms with Gasteiger partial charge in [0.15, 0.2) is 0 Å². The number of carbonyl (C=O) groups excluding carboxylic acids is 1. The largest absolute Gasteiger partial charge is 0.322 e. The molecule has 1 aromatic rings. The molecule has 1 N–H and O–H groups in total. The molecule has 0 saturated heterocycles. The number of amides is 1. The van der Waals surface area contributed by atoms with Gasteiger partial charge in [-0.3, -0.25) is 9.59 Å². The van der Waals surface area contributed by atoms with E-state index >= 15 is 0 Å². The third kappa shape index (κ3) is 1.65. The number of nitrogens with one attached hydrogen (secondary N) is 1. The molecule has 0 bridgehead atoms. The molecule has 5 heteroatoms. The maximum Gasteiger partial charge on any atom is 0.266 e. The van der Waals surface area contributed by atoms with Crippen molar-refractivity contribution in [1.82, 2.24) is 0 Å². The van der Waals surface area contributed by atoms with Crippen molar-refractivity contribution in [3.05, 3.63) is 14.9 Å². The Labute approximate surface area is 64.7 Å². The van der Waals surface area contributed by atoms with E-state index in [9.17, 15) is 9.59 Å². The van der Waals surface area contributed by atoms with Crippen molar-refractivity contribution in [3.63, 3.8) is 0 Å². The van der Waals surface area contributed by atoms with Gasteiger partial charge in [0.1, 0.15) is 5.69 Å². The molecule has 3 nitrogen and oxygen atoms in total. The highest BCUT2D eigenvalue weighted by Crippen LogP contribution is 2.09. The van der Waals surface area contributed by atoms with Gasteiger partial charge in [-0.05, 0) is 10.3 Å². The first-order valence-corrected chi connectivity index (χ1v) is 4.77. The monoisotopic (exact) mass is 175 g/mol. The third-order valence-corrected chi connectivity index (χ3v) is 2.65. The highest BCUT2D eigenvalue weighted by atomic mass is 32.9. The van der Waals surface area contributed by atoms with Gasteiger partial charge < -0.3 is 5.32 Å². The summed E-state index contributed by atoms with van der Waals surface area (Å²) in [4.78, 5) is 21.2. The molecule has 0 spiro atoms. The van der Waals surface area contributed by atoms with Crippen LogP contribution in [0.15, 0.2) is 10.2 Å². The third-order valence-electron chi connectivity index (χ3n) is 0.820. The first-order valence-electron chi connectivity index (χ1n) is 2.55. The maximum absolute atomic E-state index is 10.8. The Kier molecular flexibility index (Phi) is 2.18. The zero-order valence-corrected chi connectivity index (χ0v) is 6.84. The Morgan fingerprint density at radius 2 is 2.40 bits per heavy atom. The topological polar surface area (TPSA) is 46.2 Å². The molecule has 10 heavy (non-hydrogen) atoms. The van der Waals surface area contributed by atoms with Crippen LogP contribution in [0.5, 0.6) is 0 Å². The normalized spacial score (nSPS) is 9.30. The minimum Gasteiger partial charge on any atom is -0.322 e. The van der Waals surface area contributed by atoms with Gasteiger partial charge in [0.25, 0.3) is 4.74 Å². The predicted octanol–water partition coefficient (Wildman–Crippen LogP) is 1.13. The summed E-state index contributed by atoms with van der Waals surface area (Å²) in [5, 5.41) is 4.06. The number of carbonyl (C=O) groups is 1. The second-order valence-electron chi connectivity index (χ2n) is 1.68. The van der Waals surface area contributed by atoms with Crippen LogP contribution in [-0.4, -0.2) is 5.91 Å². The summed E-state index contributed by atoms with van der Waals surface area (Å²) >= 11 is 0. The van der Waals surface area contributed by atoms with E-state index < -0.39 is 0 Å². The van der Waals surface area contributed by atoms with Crippen molar-refractivity contribution in [1.29, 1.82) is 0 Å². The highest BCUT2D eigenvalue weighted by Gasteiger charge is 2.00. The van der Waals surface area contributed by atoms with Crippen molar-refractivity contribution in [3.8, 4) is 0 Å². The number of anilines is 1. The Morgan fingerprint density at radius 1 is 1.70 bits per heavy atom. The smallest absolute Gasteiger partial charge is 0.266 e. The summed E-state index contributed by atoms with van der Waals surface area (Å²) in [7, 11) is 2.44. The zero-order chi connectivity index (χ0) is 7.56. The van der Waals surface area contributed by atoms with Gasteiger partial charge in [0.2, 0.25) is 5.91 Å². The van der Waals surface area contributed by atoms with Crippen LogP contribution in [0, 0.1) is 0 Å². The van der Waals surface area contributed by atoms with Crippen LogP contribution in [0.3, 0.4) is 0 Å². The number of rotatable bonds is 1. The summed E-state index contributed by atoms with van der Waals surface area (Å²) in [5.74, 6) is -0.206. The molecule has 0 aliphatic heterocycles. The van der Waals surface area contributed by atoms with Crippen molar-refractivity contribution in [2.45, 2.75) is 6.92 Å². The first kappa shape index (κ1) is 7.43. The summed E-state index contributed by atoms with van der Waals surface area (Å²) in [6, 6.07) is 0. The minimum absolute atomic E-state index is 0.0831. The van der Waals surface area contributed by atoms with Crippen LogP contribution in [-0.2, 0) is 4.79 Å². The quantitative estimate of drug-likeness (QED) is 0.650. The van der Waals surface area contributed by atoms with E-state index in [1.54, 1.807) is 5.38 Å². The highest BCUT2D eigenvalue weighted by molar-refractivity contribution is 7.68. The number of hydrogen-bond donors (Lipinski definition) is 1. The van der Waals surface area contributed by atoms with Crippen molar-refractivity contribution >= 4 is 32.3 Å². The molecule has 0 aliphatic carbocycles. The maximum atomic E-state index is 10.8. The zero-order valence-electron chi connectivity index (χ0n) is 5.21. The number of hydrogen-bond acceptors (Lipinski definition) is 4. The average molecular weight is 175 g/mol.